The van der Waals surface area contributed by atoms with Crippen LogP contribution in [0.25, 0.3) is 0 Å². The molecule has 0 fully saturated rings. The van der Waals surface area contributed by atoms with Crippen LogP contribution in [0.4, 0.5) is 0 Å². The van der Waals surface area contributed by atoms with Crippen molar-refractivity contribution in [3.63, 3.8) is 0 Å². The van der Waals surface area contributed by atoms with E-state index in [4.69, 9.17) is 11.6 Å². The van der Waals surface area contributed by atoms with Gasteiger partial charge in [-0.05, 0) is 19.1 Å². The largest absolute Gasteiger partial charge is 0.302 e. The highest BCUT2D eigenvalue weighted by atomic mass is 35.5. The van der Waals surface area contributed by atoms with Gasteiger partial charge in [0.1, 0.15) is 0 Å². The lowest BCUT2D eigenvalue weighted by Crippen LogP contribution is -2.16. The predicted octanol–water partition coefficient (Wildman–Crippen LogP) is 1.86. The van der Waals surface area contributed by atoms with Gasteiger partial charge in [0.25, 0.3) is 0 Å². The minimum absolute atomic E-state index is 0.266. The molecule has 0 aliphatic carbocycles. The topological polar surface area (TPSA) is 46.2 Å². The molecule has 0 unspecified atom stereocenters. The Kier molecular flexibility index (Phi) is 5.01. The third kappa shape index (κ3) is 4.04. The molecule has 1 aromatic carbocycles. The van der Waals surface area contributed by atoms with Crippen LogP contribution in [-0.4, -0.2) is 21.2 Å². The van der Waals surface area contributed by atoms with E-state index < -0.39 is 9.84 Å². The maximum absolute atomic E-state index is 11.6. The van der Waals surface area contributed by atoms with Gasteiger partial charge < -0.3 is 5.32 Å². The molecule has 0 aromatic heterocycles. The summed E-state index contributed by atoms with van der Waals surface area (Å²) >= 11 is 6.01. The number of rotatable bonds is 4. The average Bonchev–Trinajstić information content (AvgIpc) is 2.24. The lowest BCUT2D eigenvalue weighted by Gasteiger charge is -2.09. The summed E-state index contributed by atoms with van der Waals surface area (Å²) in [6, 6.07) is 4.87. The Morgan fingerprint density at radius 3 is 2.71 bits per heavy atom. The highest BCUT2D eigenvalue weighted by Crippen LogP contribution is 2.23. The first-order valence-electron chi connectivity index (χ1n) is 5.04. The lowest BCUT2D eigenvalue weighted by atomic mass is 10.2. The summed E-state index contributed by atoms with van der Waals surface area (Å²) in [5.74, 6) is 5.59. The van der Waals surface area contributed by atoms with Crippen molar-refractivity contribution in [1.82, 2.24) is 5.32 Å². The second-order valence-electron chi connectivity index (χ2n) is 3.52. The summed E-state index contributed by atoms with van der Waals surface area (Å²) < 4.78 is 23.2. The van der Waals surface area contributed by atoms with Crippen molar-refractivity contribution in [1.29, 1.82) is 0 Å². The van der Waals surface area contributed by atoms with Crippen molar-refractivity contribution in [2.45, 2.75) is 18.4 Å². The van der Waals surface area contributed by atoms with Crippen LogP contribution < -0.4 is 5.32 Å². The third-order valence-electron chi connectivity index (χ3n) is 2.17. The molecule has 0 aliphatic rings. The van der Waals surface area contributed by atoms with Crippen molar-refractivity contribution in [2.75, 3.05) is 12.8 Å². The number of hydrogen-bond acceptors (Lipinski definition) is 3. The lowest BCUT2D eigenvalue weighted by molar-refractivity contribution is 0.599. The van der Waals surface area contributed by atoms with E-state index in [-0.39, 0.29) is 4.90 Å². The van der Waals surface area contributed by atoms with Crippen molar-refractivity contribution in [3.8, 4) is 11.8 Å². The molecular weight excluding hydrogens is 258 g/mol. The van der Waals surface area contributed by atoms with Crippen LogP contribution in [0.5, 0.6) is 0 Å². The minimum Gasteiger partial charge on any atom is -0.302 e. The summed E-state index contributed by atoms with van der Waals surface area (Å²) in [5, 5.41) is 3.48. The normalized spacial score (nSPS) is 10.8. The van der Waals surface area contributed by atoms with Gasteiger partial charge in [-0.15, -0.1) is 5.92 Å². The van der Waals surface area contributed by atoms with Gasteiger partial charge in [-0.3, -0.25) is 0 Å². The Morgan fingerprint density at radius 1 is 1.41 bits per heavy atom. The Labute approximate surface area is 107 Å². The molecule has 0 aliphatic heterocycles. The Bertz CT molecular complexity index is 556. The summed E-state index contributed by atoms with van der Waals surface area (Å²) in [7, 11) is -3.26. The Balaban J connectivity index is 2.99. The van der Waals surface area contributed by atoms with Gasteiger partial charge in [0.15, 0.2) is 9.84 Å². The first-order chi connectivity index (χ1) is 7.96. The first-order valence-corrected chi connectivity index (χ1v) is 7.31. The van der Waals surface area contributed by atoms with Crippen LogP contribution in [0, 0.1) is 11.8 Å². The highest BCUT2D eigenvalue weighted by Gasteiger charge is 2.14. The smallest absolute Gasteiger partial charge is 0.175 e. The van der Waals surface area contributed by atoms with Crippen LogP contribution in [-0.2, 0) is 16.4 Å². The van der Waals surface area contributed by atoms with Gasteiger partial charge in [0, 0.05) is 23.4 Å². The molecule has 0 bridgehead atoms. The van der Waals surface area contributed by atoms with Crippen molar-refractivity contribution >= 4 is 21.4 Å². The summed E-state index contributed by atoms with van der Waals surface area (Å²) in [6.07, 6.45) is 1.17. The maximum Gasteiger partial charge on any atom is 0.175 e. The first kappa shape index (κ1) is 14.0. The van der Waals surface area contributed by atoms with E-state index in [1.54, 1.807) is 25.1 Å². The standard InChI is InChI=1S/C12H14ClNO2S/c1-3-4-8-14-9-10-11(13)6-5-7-12(10)17(2,15)16/h5-7,14H,8-9H2,1-2H3. The van der Waals surface area contributed by atoms with Gasteiger partial charge >= 0.3 is 0 Å². The summed E-state index contributed by atoms with van der Waals surface area (Å²) in [4.78, 5) is 0.266. The fourth-order valence-electron chi connectivity index (χ4n) is 1.40. The number of benzene rings is 1. The van der Waals surface area contributed by atoms with Crippen LogP contribution in [0.1, 0.15) is 12.5 Å². The van der Waals surface area contributed by atoms with Crippen LogP contribution in [0.3, 0.4) is 0 Å². The number of halogens is 1. The number of sulfone groups is 1. The van der Waals surface area contributed by atoms with Crippen LogP contribution in [0.15, 0.2) is 23.1 Å². The molecular formula is C12H14ClNO2S. The molecule has 3 nitrogen and oxygen atoms in total. The summed E-state index contributed by atoms with van der Waals surface area (Å²) in [6.45, 7) is 2.64. The van der Waals surface area contributed by atoms with Crippen LogP contribution in [0.2, 0.25) is 5.02 Å². The molecule has 0 radical (unpaired) electrons. The zero-order valence-corrected chi connectivity index (χ0v) is 11.3. The quantitative estimate of drug-likeness (QED) is 0.672. The molecule has 0 saturated carbocycles. The molecule has 1 N–H and O–H groups in total. The van der Waals surface area contributed by atoms with E-state index in [2.05, 4.69) is 17.2 Å². The van der Waals surface area contributed by atoms with E-state index >= 15 is 0 Å². The van der Waals surface area contributed by atoms with E-state index in [1.807, 2.05) is 0 Å². The average molecular weight is 272 g/mol. The monoisotopic (exact) mass is 271 g/mol. The zero-order chi connectivity index (χ0) is 12.9. The molecule has 0 amide bonds. The van der Waals surface area contributed by atoms with E-state index in [0.29, 0.717) is 23.7 Å². The molecule has 0 spiro atoms. The molecule has 1 rings (SSSR count). The minimum atomic E-state index is -3.26. The Morgan fingerprint density at radius 2 is 2.12 bits per heavy atom. The molecule has 92 valence electrons. The van der Waals surface area contributed by atoms with E-state index in [9.17, 15) is 8.42 Å². The van der Waals surface area contributed by atoms with Crippen molar-refractivity contribution in [3.05, 3.63) is 28.8 Å². The summed E-state index contributed by atoms with van der Waals surface area (Å²) in [5.41, 5.74) is 0.592. The van der Waals surface area contributed by atoms with Gasteiger partial charge in [-0.25, -0.2) is 8.42 Å². The predicted molar refractivity (Wildman–Crippen MR) is 69.7 cm³/mol. The molecule has 17 heavy (non-hydrogen) atoms. The maximum atomic E-state index is 11.6. The third-order valence-corrected chi connectivity index (χ3v) is 3.70. The number of hydrogen-bond donors (Lipinski definition) is 1. The highest BCUT2D eigenvalue weighted by molar-refractivity contribution is 7.90. The van der Waals surface area contributed by atoms with Gasteiger partial charge in [0.05, 0.1) is 11.4 Å². The van der Waals surface area contributed by atoms with Gasteiger partial charge in [0.2, 0.25) is 0 Å². The zero-order valence-electron chi connectivity index (χ0n) is 9.75. The fraction of sp³-hybridized carbons (Fsp3) is 0.333. The van der Waals surface area contributed by atoms with Gasteiger partial charge in [-0.2, -0.15) is 0 Å². The molecule has 1 aromatic rings. The molecule has 0 atom stereocenters. The second kappa shape index (κ2) is 6.06. The van der Waals surface area contributed by atoms with Crippen molar-refractivity contribution in [2.24, 2.45) is 0 Å². The SMILES string of the molecule is CC#CCNCc1c(Cl)cccc1S(C)(=O)=O. The van der Waals surface area contributed by atoms with E-state index in [0.717, 1.165) is 0 Å². The second-order valence-corrected chi connectivity index (χ2v) is 5.91. The van der Waals surface area contributed by atoms with Gasteiger partial charge in [-0.1, -0.05) is 23.6 Å². The van der Waals surface area contributed by atoms with E-state index in [1.165, 1.54) is 6.26 Å². The van der Waals surface area contributed by atoms with Crippen LogP contribution >= 0.6 is 11.6 Å². The molecule has 5 heteroatoms. The fourth-order valence-corrected chi connectivity index (χ4v) is 2.65. The van der Waals surface area contributed by atoms with Crippen molar-refractivity contribution < 1.29 is 8.42 Å². The Hall–Kier alpha value is -1.02. The number of nitrogens with one attached hydrogen (secondary N) is 1. The molecule has 0 saturated heterocycles. The molecule has 0 heterocycles.